The van der Waals surface area contributed by atoms with Crippen LogP contribution in [0.2, 0.25) is 0 Å². The zero-order valence-corrected chi connectivity index (χ0v) is 11.6. The molecule has 0 fully saturated rings. The van der Waals surface area contributed by atoms with E-state index in [-0.39, 0.29) is 5.69 Å². The van der Waals surface area contributed by atoms with Gasteiger partial charge in [-0.3, -0.25) is 14.6 Å². The summed E-state index contributed by atoms with van der Waals surface area (Å²) >= 11 is 0. The van der Waals surface area contributed by atoms with Gasteiger partial charge in [-0.15, -0.1) is 0 Å². The highest BCUT2D eigenvalue weighted by atomic mass is 19.4. The molecule has 0 aromatic carbocycles. The molecule has 0 bridgehead atoms. The van der Waals surface area contributed by atoms with Gasteiger partial charge >= 0.3 is 12.4 Å². The second kappa shape index (κ2) is 5.28. The fourth-order valence-corrected chi connectivity index (χ4v) is 1.78. The third kappa shape index (κ3) is 3.29. The van der Waals surface area contributed by atoms with E-state index in [4.69, 9.17) is 0 Å². The van der Waals surface area contributed by atoms with E-state index in [0.29, 0.717) is 10.7 Å². The number of rotatable bonds is 2. The number of halogens is 6. The monoisotopic (exact) mass is 341 g/mol. The molecule has 126 valence electrons. The molecule has 0 saturated heterocycles. The van der Waals surface area contributed by atoms with Crippen LogP contribution in [-0.4, -0.2) is 25.9 Å². The average molecular weight is 341 g/mol. The van der Waals surface area contributed by atoms with E-state index >= 15 is 0 Å². The van der Waals surface area contributed by atoms with E-state index in [0.717, 1.165) is 7.05 Å². The van der Waals surface area contributed by atoms with Crippen molar-refractivity contribution in [3.63, 3.8) is 0 Å². The molecule has 6 nitrogen and oxygen atoms in total. The number of anilines is 1. The van der Waals surface area contributed by atoms with Gasteiger partial charge in [0.05, 0.1) is 11.4 Å². The van der Waals surface area contributed by atoms with Gasteiger partial charge in [-0.05, 0) is 6.92 Å². The van der Waals surface area contributed by atoms with Gasteiger partial charge in [0.25, 0.3) is 5.91 Å². The Labute approximate surface area is 124 Å². The summed E-state index contributed by atoms with van der Waals surface area (Å²) in [6.45, 7) is 1.22. The van der Waals surface area contributed by atoms with Crippen molar-refractivity contribution in [1.82, 2.24) is 20.0 Å². The molecule has 0 spiro atoms. The van der Waals surface area contributed by atoms with Gasteiger partial charge in [0.1, 0.15) is 5.69 Å². The maximum absolute atomic E-state index is 12.8. The fourth-order valence-electron chi connectivity index (χ4n) is 1.78. The van der Waals surface area contributed by atoms with Crippen LogP contribution < -0.4 is 5.32 Å². The highest BCUT2D eigenvalue weighted by Gasteiger charge is 2.39. The van der Waals surface area contributed by atoms with E-state index in [1.165, 1.54) is 6.92 Å². The Morgan fingerprint density at radius 3 is 2.30 bits per heavy atom. The highest BCUT2D eigenvalue weighted by molar-refractivity contribution is 6.03. The summed E-state index contributed by atoms with van der Waals surface area (Å²) in [4.78, 5) is 12.0. The Balaban J connectivity index is 2.34. The smallest absolute Gasteiger partial charge is 0.317 e. The quantitative estimate of drug-likeness (QED) is 0.825. The van der Waals surface area contributed by atoms with Crippen LogP contribution in [0.4, 0.5) is 32.0 Å². The molecular weight excluding hydrogens is 332 g/mol. The summed E-state index contributed by atoms with van der Waals surface area (Å²) in [5.74, 6) is -1.18. The normalized spacial score (nSPS) is 12.5. The van der Waals surface area contributed by atoms with Crippen LogP contribution in [0.3, 0.4) is 0 Å². The predicted octanol–water partition coefficient (Wildman–Crippen LogP) is 2.74. The number of aromatic nitrogens is 4. The summed E-state index contributed by atoms with van der Waals surface area (Å²) < 4.78 is 76.5. The van der Waals surface area contributed by atoms with E-state index in [9.17, 15) is 31.1 Å². The molecule has 2 N–H and O–H groups in total. The van der Waals surface area contributed by atoms with Gasteiger partial charge in [-0.1, -0.05) is 0 Å². The van der Waals surface area contributed by atoms with Gasteiger partial charge in [-0.2, -0.15) is 36.5 Å². The summed E-state index contributed by atoms with van der Waals surface area (Å²) in [6, 6.07) is 0.442. The first-order valence-corrected chi connectivity index (χ1v) is 5.96. The van der Waals surface area contributed by atoms with E-state index in [1.807, 2.05) is 5.32 Å². The second-order valence-corrected chi connectivity index (χ2v) is 4.56. The summed E-state index contributed by atoms with van der Waals surface area (Å²) in [5.41, 5.74) is -4.00. The number of carbonyl (C=O) groups excluding carboxylic acids is 1. The van der Waals surface area contributed by atoms with Gasteiger partial charge in [0.15, 0.2) is 11.4 Å². The van der Waals surface area contributed by atoms with Crippen LogP contribution in [0.15, 0.2) is 6.07 Å². The van der Waals surface area contributed by atoms with Crippen LogP contribution in [0, 0.1) is 6.92 Å². The molecule has 0 aliphatic heterocycles. The molecule has 0 atom stereocenters. The lowest BCUT2D eigenvalue weighted by Gasteiger charge is -2.08. The van der Waals surface area contributed by atoms with Crippen molar-refractivity contribution < 1.29 is 31.1 Å². The molecule has 0 aliphatic rings. The SMILES string of the molecule is Cc1[nH]nc(C(F)(F)F)c1NC(=O)c1cc(C(F)(F)F)nn1C. The zero-order valence-electron chi connectivity index (χ0n) is 11.6. The molecule has 2 aromatic rings. The predicted molar refractivity (Wildman–Crippen MR) is 64.5 cm³/mol. The van der Waals surface area contributed by atoms with Crippen molar-refractivity contribution in [2.24, 2.45) is 7.05 Å². The minimum Gasteiger partial charge on any atom is -0.317 e. The van der Waals surface area contributed by atoms with Crippen LogP contribution in [0.1, 0.15) is 27.6 Å². The number of aromatic amines is 1. The third-order valence-corrected chi connectivity index (χ3v) is 2.86. The topological polar surface area (TPSA) is 75.6 Å². The van der Waals surface area contributed by atoms with Crippen molar-refractivity contribution in [2.75, 3.05) is 5.32 Å². The van der Waals surface area contributed by atoms with Gasteiger partial charge in [0.2, 0.25) is 0 Å². The first-order valence-electron chi connectivity index (χ1n) is 5.96. The second-order valence-electron chi connectivity index (χ2n) is 4.56. The van der Waals surface area contributed by atoms with E-state index < -0.39 is 41.0 Å². The van der Waals surface area contributed by atoms with Crippen LogP contribution >= 0.6 is 0 Å². The molecule has 0 saturated carbocycles. The van der Waals surface area contributed by atoms with Crippen molar-refractivity contribution >= 4 is 11.6 Å². The number of alkyl halides is 6. The first kappa shape index (κ1) is 16.8. The maximum Gasteiger partial charge on any atom is 0.437 e. The number of H-pyrrole nitrogens is 1. The molecule has 1 amide bonds. The van der Waals surface area contributed by atoms with E-state index in [2.05, 4.69) is 15.3 Å². The van der Waals surface area contributed by atoms with Crippen LogP contribution in [-0.2, 0) is 19.4 Å². The fraction of sp³-hybridized carbons (Fsp3) is 0.364. The Kier molecular flexibility index (Phi) is 3.86. The molecule has 23 heavy (non-hydrogen) atoms. The molecule has 2 rings (SSSR count). The molecular formula is C11H9F6N5O. The van der Waals surface area contributed by atoms with Gasteiger partial charge < -0.3 is 5.32 Å². The van der Waals surface area contributed by atoms with Crippen molar-refractivity contribution in [2.45, 2.75) is 19.3 Å². The first-order chi connectivity index (χ1) is 10.4. The Bertz CT molecular complexity index is 741. The minimum absolute atomic E-state index is 0.0936. The summed E-state index contributed by atoms with van der Waals surface area (Å²) in [5, 5.41) is 10.1. The number of hydrogen-bond acceptors (Lipinski definition) is 3. The highest BCUT2D eigenvalue weighted by Crippen LogP contribution is 2.35. The molecule has 0 radical (unpaired) electrons. The lowest BCUT2D eigenvalue weighted by Crippen LogP contribution is -2.19. The third-order valence-electron chi connectivity index (χ3n) is 2.86. The maximum atomic E-state index is 12.8. The average Bonchev–Trinajstić information content (AvgIpc) is 2.92. The summed E-state index contributed by atoms with van der Waals surface area (Å²) in [7, 11) is 1.07. The Morgan fingerprint density at radius 2 is 1.83 bits per heavy atom. The standard InChI is InChI=1S/C11H9F6N5O/c1-4-7(8(20-19-4)11(15,16)17)18-9(23)5-3-6(10(12,13)14)21-22(5)2/h3H,1-2H3,(H,18,23)(H,19,20). The Hall–Kier alpha value is -2.53. The lowest BCUT2D eigenvalue weighted by molar-refractivity contribution is -0.141. The number of carbonyl (C=O) groups is 1. The van der Waals surface area contributed by atoms with Gasteiger partial charge in [-0.25, -0.2) is 0 Å². The van der Waals surface area contributed by atoms with Crippen molar-refractivity contribution in [3.8, 4) is 0 Å². The molecule has 2 heterocycles. The number of nitrogens with zero attached hydrogens (tertiary/aromatic N) is 3. The number of aryl methyl sites for hydroxylation is 2. The number of nitrogens with one attached hydrogen (secondary N) is 2. The van der Waals surface area contributed by atoms with Crippen molar-refractivity contribution in [1.29, 1.82) is 0 Å². The minimum atomic E-state index is -4.84. The molecule has 0 unspecified atom stereocenters. The van der Waals surface area contributed by atoms with Gasteiger partial charge in [0, 0.05) is 13.1 Å². The molecule has 12 heteroatoms. The Morgan fingerprint density at radius 1 is 1.22 bits per heavy atom. The summed E-state index contributed by atoms with van der Waals surface area (Å²) in [6.07, 6.45) is -9.62. The largest absolute Gasteiger partial charge is 0.437 e. The van der Waals surface area contributed by atoms with Crippen LogP contribution in [0.25, 0.3) is 0 Å². The number of amides is 1. The molecule has 2 aromatic heterocycles. The number of hydrogen-bond donors (Lipinski definition) is 2. The van der Waals surface area contributed by atoms with Crippen LogP contribution in [0.5, 0.6) is 0 Å². The van der Waals surface area contributed by atoms with Crippen molar-refractivity contribution in [3.05, 3.63) is 28.8 Å². The molecule has 0 aliphatic carbocycles. The zero-order chi connectivity index (χ0) is 17.6. The lowest BCUT2D eigenvalue weighted by atomic mass is 10.2. The van der Waals surface area contributed by atoms with E-state index in [1.54, 1.807) is 0 Å².